The first-order chi connectivity index (χ1) is 11.9. The summed E-state index contributed by atoms with van der Waals surface area (Å²) >= 11 is 6.28. The van der Waals surface area contributed by atoms with Gasteiger partial charge >= 0.3 is 5.97 Å². The number of carbonyl (C=O) groups is 3. The van der Waals surface area contributed by atoms with Gasteiger partial charge in [0, 0.05) is 29.3 Å². The second-order valence-electron chi connectivity index (χ2n) is 6.93. The molecule has 0 N–H and O–H groups in total. The molecule has 1 saturated heterocycles. The van der Waals surface area contributed by atoms with Gasteiger partial charge in [-0.25, -0.2) is 4.79 Å². The molecule has 5 nitrogen and oxygen atoms in total. The number of hydrogen-bond donors (Lipinski definition) is 0. The summed E-state index contributed by atoms with van der Waals surface area (Å²) < 4.78 is 5.42. The van der Waals surface area contributed by atoms with E-state index in [0.717, 1.165) is 19.3 Å². The summed E-state index contributed by atoms with van der Waals surface area (Å²) in [7, 11) is 1.64. The predicted octanol–water partition coefficient (Wildman–Crippen LogP) is 2.76. The van der Waals surface area contributed by atoms with Gasteiger partial charge in [-0.1, -0.05) is 49.1 Å². The molecule has 6 heteroatoms. The Bertz CT molecular complexity index is 824. The summed E-state index contributed by atoms with van der Waals surface area (Å²) in [5.41, 5.74) is -2.04. The minimum atomic E-state index is -1.89. The van der Waals surface area contributed by atoms with Crippen LogP contribution in [-0.4, -0.2) is 40.7 Å². The van der Waals surface area contributed by atoms with Crippen LogP contribution in [0.2, 0.25) is 5.02 Å². The summed E-state index contributed by atoms with van der Waals surface area (Å²) in [5.74, 6) is -1.49. The lowest BCUT2D eigenvalue weighted by molar-refractivity contribution is -0.159. The van der Waals surface area contributed by atoms with E-state index in [1.807, 2.05) is 0 Å². The Kier molecular flexibility index (Phi) is 3.55. The number of benzene rings is 1. The highest BCUT2D eigenvalue weighted by molar-refractivity contribution is 6.36. The number of halogens is 1. The first-order valence-corrected chi connectivity index (χ1v) is 8.84. The number of amides is 1. The quantitative estimate of drug-likeness (QED) is 0.571. The molecule has 1 amide bonds. The largest absolute Gasteiger partial charge is 0.432 e. The van der Waals surface area contributed by atoms with Crippen LogP contribution in [0.1, 0.15) is 37.7 Å². The number of Topliss-reactive ketones (excluding diaryl/α,β-unsaturated/α-hetero) is 1. The predicted molar refractivity (Wildman–Crippen MR) is 91.8 cm³/mol. The van der Waals surface area contributed by atoms with Crippen molar-refractivity contribution >= 4 is 34.8 Å². The van der Waals surface area contributed by atoms with E-state index in [0.29, 0.717) is 23.4 Å². The van der Waals surface area contributed by atoms with Crippen molar-refractivity contribution in [1.82, 2.24) is 4.90 Å². The Morgan fingerprint density at radius 3 is 2.44 bits per heavy atom. The number of likely N-dealkylation sites (tertiary alicyclic amines) is 1. The van der Waals surface area contributed by atoms with E-state index < -0.39 is 23.0 Å². The number of ether oxygens (including phenoxy) is 1. The van der Waals surface area contributed by atoms with Crippen molar-refractivity contribution in [3.05, 3.63) is 40.9 Å². The molecular formula is C19H18ClNO4. The summed E-state index contributed by atoms with van der Waals surface area (Å²) in [6.07, 6.45) is 5.22. The molecule has 2 fully saturated rings. The summed E-state index contributed by atoms with van der Waals surface area (Å²) in [5, 5.41) is 0.374. The Morgan fingerprint density at radius 1 is 1.08 bits per heavy atom. The lowest BCUT2D eigenvalue weighted by Crippen LogP contribution is -2.50. The monoisotopic (exact) mass is 359 g/mol. The summed E-state index contributed by atoms with van der Waals surface area (Å²) in [6.45, 7) is 0. The molecule has 1 unspecified atom stereocenters. The van der Waals surface area contributed by atoms with Gasteiger partial charge in [0.2, 0.25) is 5.78 Å². The minimum Gasteiger partial charge on any atom is -0.432 e. The topological polar surface area (TPSA) is 63.7 Å². The molecular weight excluding hydrogens is 342 g/mol. The van der Waals surface area contributed by atoms with Crippen molar-refractivity contribution in [1.29, 1.82) is 0 Å². The zero-order valence-corrected chi connectivity index (χ0v) is 14.6. The lowest BCUT2D eigenvalue weighted by atomic mass is 9.74. The van der Waals surface area contributed by atoms with Gasteiger partial charge in [-0.3, -0.25) is 9.59 Å². The number of carbonyl (C=O) groups excluding carboxylic acids is 3. The number of hydrogen-bond acceptors (Lipinski definition) is 4. The standard InChI is InChI=1S/C19H18ClNO4/c1-21-17(24)19(16(23)18(21)9-5-2-6-10-18)13(11-15(22)25-19)12-7-3-4-8-14(12)20/h3-4,7-8,11H,2,5-6,9-10H2,1H3. The zero-order valence-electron chi connectivity index (χ0n) is 13.9. The van der Waals surface area contributed by atoms with Crippen LogP contribution in [0.25, 0.3) is 5.57 Å². The molecule has 2 heterocycles. The van der Waals surface area contributed by atoms with Crippen LogP contribution in [0.3, 0.4) is 0 Å². The first kappa shape index (κ1) is 16.3. The Morgan fingerprint density at radius 2 is 1.76 bits per heavy atom. The van der Waals surface area contributed by atoms with Gasteiger partial charge < -0.3 is 9.64 Å². The summed E-state index contributed by atoms with van der Waals surface area (Å²) in [4.78, 5) is 40.3. The second-order valence-corrected chi connectivity index (χ2v) is 7.33. The summed E-state index contributed by atoms with van der Waals surface area (Å²) in [6, 6.07) is 6.87. The van der Waals surface area contributed by atoms with E-state index in [1.54, 1.807) is 31.3 Å². The Balaban J connectivity index is 1.90. The molecule has 1 saturated carbocycles. The van der Waals surface area contributed by atoms with Crippen LogP contribution >= 0.6 is 11.6 Å². The maximum absolute atomic E-state index is 13.5. The molecule has 2 aliphatic heterocycles. The van der Waals surface area contributed by atoms with Crippen LogP contribution in [0.5, 0.6) is 0 Å². The maximum Gasteiger partial charge on any atom is 0.333 e. The minimum absolute atomic E-state index is 0.257. The highest BCUT2D eigenvalue weighted by Crippen LogP contribution is 2.51. The molecule has 0 aromatic heterocycles. The number of rotatable bonds is 1. The van der Waals surface area contributed by atoms with Crippen LogP contribution in [-0.2, 0) is 19.1 Å². The van der Waals surface area contributed by atoms with E-state index in [1.165, 1.54) is 11.0 Å². The van der Waals surface area contributed by atoms with Gasteiger partial charge in [-0.05, 0) is 18.9 Å². The van der Waals surface area contributed by atoms with Gasteiger partial charge in [0.05, 0.1) is 0 Å². The average Bonchev–Trinajstić information content (AvgIpc) is 3.04. The van der Waals surface area contributed by atoms with E-state index in [4.69, 9.17) is 16.3 Å². The molecule has 1 aromatic carbocycles. The molecule has 1 aromatic rings. The molecule has 25 heavy (non-hydrogen) atoms. The third kappa shape index (κ3) is 1.99. The van der Waals surface area contributed by atoms with Gasteiger partial charge in [0.25, 0.3) is 11.5 Å². The normalized spacial score (nSPS) is 28.0. The average molecular weight is 360 g/mol. The number of ketones is 1. The molecule has 0 radical (unpaired) electrons. The van der Waals surface area contributed by atoms with Crippen molar-refractivity contribution in [2.24, 2.45) is 0 Å². The van der Waals surface area contributed by atoms with E-state index >= 15 is 0 Å². The Labute approximate surface area is 150 Å². The van der Waals surface area contributed by atoms with Gasteiger partial charge in [0.15, 0.2) is 0 Å². The molecule has 130 valence electrons. The van der Waals surface area contributed by atoms with Crippen LogP contribution in [0.4, 0.5) is 0 Å². The molecule has 1 atom stereocenters. The van der Waals surface area contributed by atoms with Crippen molar-refractivity contribution in [2.75, 3.05) is 7.05 Å². The van der Waals surface area contributed by atoms with Gasteiger partial charge in [-0.15, -0.1) is 0 Å². The number of nitrogens with zero attached hydrogens (tertiary/aromatic N) is 1. The van der Waals surface area contributed by atoms with Crippen molar-refractivity contribution < 1.29 is 19.1 Å². The fourth-order valence-electron chi connectivity index (χ4n) is 4.44. The highest BCUT2D eigenvalue weighted by Gasteiger charge is 2.71. The first-order valence-electron chi connectivity index (χ1n) is 8.47. The van der Waals surface area contributed by atoms with E-state index in [9.17, 15) is 14.4 Å². The molecule has 2 spiro atoms. The number of esters is 1. The second kappa shape index (κ2) is 5.43. The fourth-order valence-corrected chi connectivity index (χ4v) is 4.67. The maximum atomic E-state index is 13.5. The van der Waals surface area contributed by atoms with Gasteiger partial charge in [-0.2, -0.15) is 0 Å². The molecule has 4 rings (SSSR count). The lowest BCUT2D eigenvalue weighted by Gasteiger charge is -2.37. The van der Waals surface area contributed by atoms with Crippen LogP contribution in [0, 0.1) is 0 Å². The molecule has 0 bridgehead atoms. The van der Waals surface area contributed by atoms with Crippen molar-refractivity contribution in [2.45, 2.75) is 43.2 Å². The Hall–Kier alpha value is -2.14. The van der Waals surface area contributed by atoms with Crippen molar-refractivity contribution in [3.8, 4) is 0 Å². The fraction of sp³-hybridized carbons (Fsp3) is 0.421. The highest BCUT2D eigenvalue weighted by atomic mass is 35.5. The van der Waals surface area contributed by atoms with E-state index in [-0.39, 0.29) is 11.4 Å². The van der Waals surface area contributed by atoms with Crippen LogP contribution in [0.15, 0.2) is 30.3 Å². The van der Waals surface area contributed by atoms with Gasteiger partial charge in [0.1, 0.15) is 5.54 Å². The third-order valence-electron chi connectivity index (χ3n) is 5.73. The van der Waals surface area contributed by atoms with Crippen LogP contribution < -0.4 is 0 Å². The SMILES string of the molecule is CN1C(=O)C2(OC(=O)C=C2c2ccccc2Cl)C(=O)C12CCCCC2. The number of likely N-dealkylation sites (N-methyl/N-ethyl adjacent to an activating group) is 1. The third-order valence-corrected chi connectivity index (χ3v) is 6.06. The van der Waals surface area contributed by atoms with E-state index in [2.05, 4.69) is 0 Å². The zero-order chi connectivity index (χ0) is 17.8. The molecule has 1 aliphatic carbocycles. The molecule has 3 aliphatic rings. The van der Waals surface area contributed by atoms with Crippen molar-refractivity contribution in [3.63, 3.8) is 0 Å². The smallest absolute Gasteiger partial charge is 0.333 e.